The zero-order chi connectivity index (χ0) is 14.7. The molecular weight excluding hydrogens is 258 g/mol. The third-order valence-electron chi connectivity index (χ3n) is 3.86. The summed E-state index contributed by atoms with van der Waals surface area (Å²) >= 11 is 0. The number of carbonyl (C=O) groups is 1. The number of hydrogen-bond donors (Lipinski definition) is 1. The van der Waals surface area contributed by atoms with Crippen LogP contribution in [-0.4, -0.2) is 65.2 Å². The summed E-state index contributed by atoms with van der Waals surface area (Å²) in [5, 5.41) is 9.00. The zero-order valence-corrected chi connectivity index (χ0v) is 12.0. The maximum Gasteiger partial charge on any atom is 0.341 e. The summed E-state index contributed by atoms with van der Waals surface area (Å²) in [6.45, 7) is 7.18. The number of hydrogen-bond acceptors (Lipinski definition) is 4. The zero-order valence-electron chi connectivity index (χ0n) is 12.0. The van der Waals surface area contributed by atoms with Gasteiger partial charge >= 0.3 is 5.97 Å². The molecule has 1 aliphatic rings. The first kappa shape index (κ1) is 14.7. The van der Waals surface area contributed by atoms with E-state index >= 15 is 0 Å². The van der Waals surface area contributed by atoms with Gasteiger partial charge in [-0.1, -0.05) is 0 Å². The average Bonchev–Trinajstić information content (AvgIpc) is 2.40. The number of aryl methyl sites for hydroxylation is 1. The number of aromatic carboxylic acids is 1. The third-order valence-corrected chi connectivity index (χ3v) is 3.86. The second-order valence-corrected chi connectivity index (χ2v) is 5.30. The predicted octanol–water partition coefficient (Wildman–Crippen LogP) is 0.102. The molecule has 20 heavy (non-hydrogen) atoms. The van der Waals surface area contributed by atoms with E-state index in [1.54, 1.807) is 10.6 Å². The average molecular weight is 279 g/mol. The lowest BCUT2D eigenvalue weighted by Crippen LogP contribution is -2.46. The van der Waals surface area contributed by atoms with Gasteiger partial charge in [0.05, 0.1) is 0 Å². The maximum absolute atomic E-state index is 12.1. The van der Waals surface area contributed by atoms with Gasteiger partial charge in [0, 0.05) is 45.0 Å². The van der Waals surface area contributed by atoms with Crippen molar-refractivity contribution < 1.29 is 9.90 Å². The van der Waals surface area contributed by atoms with E-state index in [1.165, 1.54) is 6.07 Å². The normalized spacial score (nSPS) is 17.3. The quantitative estimate of drug-likeness (QED) is 0.847. The molecule has 0 bridgehead atoms. The Hall–Kier alpha value is -1.66. The highest BCUT2D eigenvalue weighted by molar-refractivity contribution is 5.87. The minimum absolute atomic E-state index is 0.158. The van der Waals surface area contributed by atoms with Crippen LogP contribution in [0.3, 0.4) is 0 Å². The molecule has 2 rings (SSSR count). The molecule has 0 atom stereocenters. The number of nitrogens with zero attached hydrogens (tertiary/aromatic N) is 3. The van der Waals surface area contributed by atoms with Gasteiger partial charge in [-0.3, -0.25) is 9.69 Å². The number of carboxylic acids is 1. The summed E-state index contributed by atoms with van der Waals surface area (Å²) in [4.78, 5) is 27.7. The van der Waals surface area contributed by atoms with Gasteiger partial charge in [-0.25, -0.2) is 4.79 Å². The highest BCUT2D eigenvalue weighted by Gasteiger charge is 2.16. The molecule has 0 radical (unpaired) electrons. The fourth-order valence-electron chi connectivity index (χ4n) is 2.42. The van der Waals surface area contributed by atoms with E-state index in [4.69, 9.17) is 5.11 Å². The van der Waals surface area contributed by atoms with Crippen LogP contribution in [0.1, 0.15) is 16.1 Å². The van der Waals surface area contributed by atoms with Crippen LogP contribution in [0.2, 0.25) is 0 Å². The van der Waals surface area contributed by atoms with E-state index in [9.17, 15) is 9.59 Å². The Morgan fingerprint density at radius 3 is 2.45 bits per heavy atom. The minimum atomic E-state index is -1.16. The van der Waals surface area contributed by atoms with Crippen LogP contribution in [-0.2, 0) is 6.54 Å². The summed E-state index contributed by atoms with van der Waals surface area (Å²) in [6, 6.07) is 3.07. The number of aromatic nitrogens is 1. The standard InChI is InChI=1S/C14H21N3O3/c1-11-3-4-12(14(19)20)13(18)17(11)10-9-16-7-5-15(2)6-8-16/h3-4H,5-10H2,1-2H3,(H,19,20). The Labute approximate surface area is 118 Å². The molecule has 6 nitrogen and oxygen atoms in total. The molecule has 2 heterocycles. The van der Waals surface area contributed by atoms with Gasteiger partial charge in [0.2, 0.25) is 0 Å². The van der Waals surface area contributed by atoms with E-state index in [1.807, 2.05) is 6.92 Å². The molecule has 1 aromatic heterocycles. The lowest BCUT2D eigenvalue weighted by Gasteiger charge is -2.32. The summed E-state index contributed by atoms with van der Waals surface area (Å²) < 4.78 is 1.56. The van der Waals surface area contributed by atoms with Crippen molar-refractivity contribution in [3.63, 3.8) is 0 Å². The van der Waals surface area contributed by atoms with Crippen LogP contribution in [0.5, 0.6) is 0 Å². The third kappa shape index (κ3) is 3.26. The molecule has 0 spiro atoms. The summed E-state index contributed by atoms with van der Waals surface area (Å²) in [7, 11) is 2.10. The first-order valence-electron chi connectivity index (χ1n) is 6.83. The molecule has 0 aliphatic carbocycles. The number of rotatable bonds is 4. The van der Waals surface area contributed by atoms with Crippen molar-refractivity contribution >= 4 is 5.97 Å². The number of carboxylic acid groups (broad SMARTS) is 1. The topological polar surface area (TPSA) is 65.8 Å². The van der Waals surface area contributed by atoms with Crippen LogP contribution >= 0.6 is 0 Å². The fourth-order valence-corrected chi connectivity index (χ4v) is 2.42. The molecule has 1 saturated heterocycles. The van der Waals surface area contributed by atoms with E-state index in [-0.39, 0.29) is 5.56 Å². The molecule has 0 saturated carbocycles. The molecule has 0 aromatic carbocycles. The van der Waals surface area contributed by atoms with E-state index in [0.29, 0.717) is 6.54 Å². The van der Waals surface area contributed by atoms with Crippen molar-refractivity contribution in [3.8, 4) is 0 Å². The molecule has 1 N–H and O–H groups in total. The van der Waals surface area contributed by atoms with Crippen LogP contribution in [0.4, 0.5) is 0 Å². The Balaban J connectivity index is 2.07. The highest BCUT2D eigenvalue weighted by atomic mass is 16.4. The lowest BCUT2D eigenvalue weighted by atomic mass is 10.2. The summed E-state index contributed by atoms with van der Waals surface area (Å²) in [5.41, 5.74) is 0.231. The van der Waals surface area contributed by atoms with Crippen molar-refractivity contribution in [2.45, 2.75) is 13.5 Å². The van der Waals surface area contributed by atoms with E-state index in [0.717, 1.165) is 38.4 Å². The van der Waals surface area contributed by atoms with Gasteiger partial charge in [-0.2, -0.15) is 0 Å². The maximum atomic E-state index is 12.1. The number of pyridine rings is 1. The van der Waals surface area contributed by atoms with Gasteiger partial charge in [-0.15, -0.1) is 0 Å². The predicted molar refractivity (Wildman–Crippen MR) is 76.3 cm³/mol. The Bertz CT molecular complexity index is 545. The van der Waals surface area contributed by atoms with Crippen molar-refractivity contribution in [3.05, 3.63) is 33.7 Å². The first-order valence-corrected chi connectivity index (χ1v) is 6.83. The van der Waals surface area contributed by atoms with Crippen LogP contribution in [0, 0.1) is 6.92 Å². The number of piperazine rings is 1. The molecule has 0 amide bonds. The fraction of sp³-hybridized carbons (Fsp3) is 0.571. The molecule has 6 heteroatoms. The van der Waals surface area contributed by atoms with Crippen molar-refractivity contribution in [1.29, 1.82) is 0 Å². The summed E-state index contributed by atoms with van der Waals surface area (Å²) in [5.74, 6) is -1.16. The molecule has 1 aromatic rings. The minimum Gasteiger partial charge on any atom is -0.477 e. The summed E-state index contributed by atoms with van der Waals surface area (Å²) in [6.07, 6.45) is 0. The van der Waals surface area contributed by atoms with Crippen LogP contribution in [0.15, 0.2) is 16.9 Å². The van der Waals surface area contributed by atoms with E-state index in [2.05, 4.69) is 16.8 Å². The van der Waals surface area contributed by atoms with Crippen molar-refractivity contribution in [2.75, 3.05) is 39.8 Å². The van der Waals surface area contributed by atoms with Gasteiger partial charge in [0.15, 0.2) is 0 Å². The van der Waals surface area contributed by atoms with Gasteiger partial charge in [0.1, 0.15) is 5.56 Å². The van der Waals surface area contributed by atoms with Gasteiger partial charge in [0.25, 0.3) is 5.56 Å². The van der Waals surface area contributed by atoms with Crippen LogP contribution in [0.25, 0.3) is 0 Å². The molecule has 1 aliphatic heterocycles. The van der Waals surface area contributed by atoms with E-state index < -0.39 is 11.5 Å². The Morgan fingerprint density at radius 2 is 1.85 bits per heavy atom. The second kappa shape index (κ2) is 6.19. The second-order valence-electron chi connectivity index (χ2n) is 5.30. The SMILES string of the molecule is Cc1ccc(C(=O)O)c(=O)n1CCN1CCN(C)CC1. The van der Waals surface area contributed by atoms with Gasteiger partial charge in [-0.05, 0) is 26.1 Å². The number of likely N-dealkylation sites (N-methyl/N-ethyl adjacent to an activating group) is 1. The molecule has 110 valence electrons. The monoisotopic (exact) mass is 279 g/mol. The highest BCUT2D eigenvalue weighted by Crippen LogP contribution is 2.02. The van der Waals surface area contributed by atoms with Crippen LogP contribution < -0.4 is 5.56 Å². The Kier molecular flexibility index (Phi) is 4.57. The Morgan fingerprint density at radius 1 is 1.20 bits per heavy atom. The van der Waals surface area contributed by atoms with Crippen molar-refractivity contribution in [2.24, 2.45) is 0 Å². The lowest BCUT2D eigenvalue weighted by molar-refractivity contribution is 0.0694. The molecule has 1 fully saturated rings. The first-order chi connectivity index (χ1) is 9.49. The smallest absolute Gasteiger partial charge is 0.341 e. The molecule has 0 unspecified atom stereocenters. The van der Waals surface area contributed by atoms with Gasteiger partial charge < -0.3 is 14.6 Å². The molecular formula is C14H21N3O3. The van der Waals surface area contributed by atoms with Crippen molar-refractivity contribution in [1.82, 2.24) is 14.4 Å². The largest absolute Gasteiger partial charge is 0.477 e.